The molecular formula is C15H17BrN2. The number of hydrogen-bond acceptors (Lipinski definition) is 2. The van der Waals surface area contributed by atoms with Crippen LogP contribution in [0, 0.1) is 5.41 Å². The summed E-state index contributed by atoms with van der Waals surface area (Å²) >= 11 is 3.53. The Hall–Kier alpha value is -1.22. The van der Waals surface area contributed by atoms with Crippen molar-refractivity contribution in [3.8, 4) is 0 Å². The Balaban J connectivity index is 2.07. The highest BCUT2D eigenvalue weighted by molar-refractivity contribution is 9.09. The average molecular weight is 305 g/mol. The first-order chi connectivity index (χ1) is 8.72. The van der Waals surface area contributed by atoms with Crippen LogP contribution in [0.15, 0.2) is 70.2 Å². The van der Waals surface area contributed by atoms with Gasteiger partial charge in [-0.25, -0.2) is 0 Å². The number of halogens is 1. The molecule has 0 spiro atoms. The van der Waals surface area contributed by atoms with Gasteiger partial charge in [-0.1, -0.05) is 53.2 Å². The highest BCUT2D eigenvalue weighted by atomic mass is 79.9. The van der Waals surface area contributed by atoms with E-state index in [1.54, 1.807) is 0 Å². The van der Waals surface area contributed by atoms with Crippen molar-refractivity contribution in [1.82, 2.24) is 0 Å². The summed E-state index contributed by atoms with van der Waals surface area (Å²) in [7, 11) is 0. The third kappa shape index (κ3) is 3.64. The van der Waals surface area contributed by atoms with Crippen LogP contribution in [0.1, 0.15) is 19.8 Å². The molecule has 0 N–H and O–H groups in total. The van der Waals surface area contributed by atoms with E-state index in [9.17, 15) is 0 Å². The van der Waals surface area contributed by atoms with E-state index in [1.165, 1.54) is 0 Å². The van der Waals surface area contributed by atoms with E-state index in [1.807, 2.05) is 24.3 Å². The number of allylic oxidation sites excluding steroid dienone is 8. The Kier molecular flexibility index (Phi) is 4.48. The van der Waals surface area contributed by atoms with Gasteiger partial charge >= 0.3 is 0 Å². The van der Waals surface area contributed by atoms with E-state index >= 15 is 0 Å². The van der Waals surface area contributed by atoms with Crippen molar-refractivity contribution in [2.24, 2.45) is 15.6 Å². The lowest BCUT2D eigenvalue weighted by molar-refractivity contribution is 0.645. The van der Waals surface area contributed by atoms with Crippen molar-refractivity contribution in [2.75, 3.05) is 5.33 Å². The molecule has 0 aromatic heterocycles. The molecule has 0 saturated heterocycles. The first-order valence-electron chi connectivity index (χ1n) is 6.15. The molecule has 0 heterocycles. The number of azo groups is 1. The standard InChI is InChI=1S/C15H17BrN2/c1-15(12-16)10-5-8-14(9-11-15)18-17-13-6-3-2-4-7-13/h3,5-11H,2,4,12H2,1H3. The van der Waals surface area contributed by atoms with E-state index in [-0.39, 0.29) is 5.41 Å². The van der Waals surface area contributed by atoms with E-state index in [4.69, 9.17) is 0 Å². The summed E-state index contributed by atoms with van der Waals surface area (Å²) in [4.78, 5) is 0. The monoisotopic (exact) mass is 304 g/mol. The lowest BCUT2D eigenvalue weighted by atomic mass is 9.93. The second-order valence-electron chi connectivity index (χ2n) is 4.73. The smallest absolute Gasteiger partial charge is 0.0854 e. The molecule has 3 heteroatoms. The average Bonchev–Trinajstić information content (AvgIpc) is 2.60. The molecule has 0 aromatic rings. The Morgan fingerprint density at radius 3 is 2.72 bits per heavy atom. The normalized spacial score (nSPS) is 27.2. The fraction of sp³-hybridized carbons (Fsp3) is 0.333. The highest BCUT2D eigenvalue weighted by Crippen LogP contribution is 2.26. The molecule has 2 aliphatic rings. The van der Waals surface area contributed by atoms with Crippen molar-refractivity contribution < 1.29 is 0 Å². The topological polar surface area (TPSA) is 24.7 Å². The molecule has 0 aromatic carbocycles. The van der Waals surface area contributed by atoms with Gasteiger partial charge in [0.05, 0.1) is 11.4 Å². The third-order valence-electron chi connectivity index (χ3n) is 2.92. The Morgan fingerprint density at radius 2 is 2.00 bits per heavy atom. The SMILES string of the molecule is CC1(CBr)C=CC=C(N=NC2=CCCC=C2)C=C1. The third-order valence-corrected chi connectivity index (χ3v) is 4.13. The predicted molar refractivity (Wildman–Crippen MR) is 79.6 cm³/mol. The molecule has 0 bridgehead atoms. The minimum Gasteiger partial charge on any atom is -0.151 e. The number of rotatable bonds is 3. The van der Waals surface area contributed by atoms with Crippen LogP contribution in [0.4, 0.5) is 0 Å². The van der Waals surface area contributed by atoms with Gasteiger partial charge in [0.25, 0.3) is 0 Å². The van der Waals surface area contributed by atoms with Crippen molar-refractivity contribution in [3.05, 3.63) is 60.0 Å². The summed E-state index contributed by atoms with van der Waals surface area (Å²) in [6.07, 6.45) is 18.8. The molecule has 94 valence electrons. The summed E-state index contributed by atoms with van der Waals surface area (Å²) in [6.45, 7) is 2.18. The zero-order valence-electron chi connectivity index (χ0n) is 10.5. The van der Waals surface area contributed by atoms with E-state index in [2.05, 4.69) is 57.4 Å². The van der Waals surface area contributed by atoms with E-state index < -0.39 is 0 Å². The van der Waals surface area contributed by atoms with Gasteiger partial charge in [0.15, 0.2) is 0 Å². The van der Waals surface area contributed by atoms with Gasteiger partial charge in [-0.05, 0) is 31.1 Å². The van der Waals surface area contributed by atoms with Crippen LogP contribution < -0.4 is 0 Å². The number of nitrogens with zero attached hydrogens (tertiary/aromatic N) is 2. The molecule has 2 aliphatic carbocycles. The van der Waals surface area contributed by atoms with Gasteiger partial charge in [-0.3, -0.25) is 0 Å². The molecule has 18 heavy (non-hydrogen) atoms. The molecule has 0 saturated carbocycles. The first-order valence-corrected chi connectivity index (χ1v) is 7.27. The molecule has 0 aliphatic heterocycles. The van der Waals surface area contributed by atoms with Crippen molar-refractivity contribution in [3.63, 3.8) is 0 Å². The Bertz CT molecular complexity index is 481. The van der Waals surface area contributed by atoms with E-state index in [0.717, 1.165) is 29.6 Å². The summed E-state index contributed by atoms with van der Waals surface area (Å²) in [5.41, 5.74) is 1.89. The maximum absolute atomic E-state index is 4.28. The summed E-state index contributed by atoms with van der Waals surface area (Å²) in [6, 6.07) is 0. The van der Waals surface area contributed by atoms with E-state index in [0.29, 0.717) is 0 Å². The van der Waals surface area contributed by atoms with Crippen molar-refractivity contribution >= 4 is 15.9 Å². The molecule has 0 amide bonds. The molecule has 0 fully saturated rings. The summed E-state index contributed by atoms with van der Waals surface area (Å²) < 4.78 is 0. The van der Waals surface area contributed by atoms with Crippen LogP contribution in [0.5, 0.6) is 0 Å². The fourth-order valence-corrected chi connectivity index (χ4v) is 2.07. The highest BCUT2D eigenvalue weighted by Gasteiger charge is 2.16. The quantitative estimate of drug-likeness (QED) is 0.513. The second-order valence-corrected chi connectivity index (χ2v) is 5.29. The van der Waals surface area contributed by atoms with Crippen LogP contribution in [-0.4, -0.2) is 5.33 Å². The van der Waals surface area contributed by atoms with Gasteiger partial charge in [0, 0.05) is 10.7 Å². The van der Waals surface area contributed by atoms with Crippen LogP contribution in [0.2, 0.25) is 0 Å². The Morgan fingerprint density at radius 1 is 1.17 bits per heavy atom. The number of hydrogen-bond donors (Lipinski definition) is 0. The van der Waals surface area contributed by atoms with Gasteiger partial charge < -0.3 is 0 Å². The lowest BCUT2D eigenvalue weighted by Crippen LogP contribution is -2.10. The largest absolute Gasteiger partial charge is 0.151 e. The van der Waals surface area contributed by atoms with Crippen molar-refractivity contribution in [1.29, 1.82) is 0 Å². The summed E-state index contributed by atoms with van der Waals surface area (Å²) in [5.74, 6) is 0. The van der Waals surface area contributed by atoms with Crippen LogP contribution >= 0.6 is 15.9 Å². The summed E-state index contributed by atoms with van der Waals surface area (Å²) in [5, 5.41) is 9.44. The molecule has 2 rings (SSSR count). The second kappa shape index (κ2) is 6.10. The number of alkyl halides is 1. The zero-order chi connectivity index (χ0) is 12.8. The minimum atomic E-state index is 0.0534. The Labute approximate surface area is 117 Å². The molecule has 0 radical (unpaired) electrons. The van der Waals surface area contributed by atoms with Crippen molar-refractivity contribution in [2.45, 2.75) is 19.8 Å². The zero-order valence-corrected chi connectivity index (χ0v) is 12.1. The van der Waals surface area contributed by atoms with Gasteiger partial charge in [0.1, 0.15) is 0 Å². The van der Waals surface area contributed by atoms with Gasteiger partial charge in [-0.2, -0.15) is 10.2 Å². The predicted octanol–water partition coefficient (Wildman–Crippen LogP) is 5.08. The van der Waals surface area contributed by atoms with Crippen LogP contribution in [0.3, 0.4) is 0 Å². The molecule has 2 nitrogen and oxygen atoms in total. The molecule has 1 atom stereocenters. The lowest BCUT2D eigenvalue weighted by Gasteiger charge is -2.16. The molecule has 1 unspecified atom stereocenters. The van der Waals surface area contributed by atoms with Gasteiger partial charge in [-0.15, -0.1) is 0 Å². The molecular weight excluding hydrogens is 288 g/mol. The minimum absolute atomic E-state index is 0.0534. The maximum atomic E-state index is 4.28. The van der Waals surface area contributed by atoms with Gasteiger partial charge in [0.2, 0.25) is 0 Å². The fourth-order valence-electron chi connectivity index (χ4n) is 1.70. The maximum Gasteiger partial charge on any atom is 0.0854 e. The first kappa shape index (κ1) is 13.2. The van der Waals surface area contributed by atoms with Crippen LogP contribution in [-0.2, 0) is 0 Å². The van der Waals surface area contributed by atoms with Crippen LogP contribution in [0.25, 0.3) is 0 Å².